The predicted octanol–water partition coefficient (Wildman–Crippen LogP) is 4.92. The number of nitrogens with one attached hydrogen (secondary N) is 1. The van der Waals surface area contributed by atoms with Gasteiger partial charge in [0.2, 0.25) is 5.91 Å². The maximum absolute atomic E-state index is 11.7. The topological polar surface area (TPSA) is 87.5 Å². The molecule has 8 nitrogen and oxygen atoms in total. The molecule has 0 fully saturated rings. The third kappa shape index (κ3) is 5.97. The lowest BCUT2D eigenvalue weighted by atomic mass is 10.1. The van der Waals surface area contributed by atoms with Crippen molar-refractivity contribution in [3.63, 3.8) is 0 Å². The van der Waals surface area contributed by atoms with E-state index < -0.39 is 0 Å². The van der Waals surface area contributed by atoms with E-state index in [9.17, 15) is 4.79 Å². The number of aromatic nitrogens is 3. The number of carbonyl (C=O) groups excluding carboxylic acids is 1. The highest BCUT2D eigenvalue weighted by molar-refractivity contribution is 5.90. The Hall–Kier alpha value is -4.33. The summed E-state index contributed by atoms with van der Waals surface area (Å²) in [5, 5.41) is 7.46. The van der Waals surface area contributed by atoms with Crippen LogP contribution in [0.25, 0.3) is 17.1 Å². The summed E-state index contributed by atoms with van der Waals surface area (Å²) in [6, 6.07) is 23.2. The Morgan fingerprint density at radius 1 is 0.886 bits per heavy atom. The van der Waals surface area contributed by atoms with Crippen LogP contribution in [0.1, 0.15) is 18.9 Å². The number of anilines is 1. The Morgan fingerprint density at radius 3 is 2.11 bits per heavy atom. The first-order valence-corrected chi connectivity index (χ1v) is 11.4. The second-order valence-corrected chi connectivity index (χ2v) is 7.75. The van der Waals surface area contributed by atoms with Crippen molar-refractivity contribution < 1.29 is 19.0 Å². The van der Waals surface area contributed by atoms with Crippen molar-refractivity contribution in [3.05, 3.63) is 78.4 Å². The van der Waals surface area contributed by atoms with Crippen molar-refractivity contribution in [2.24, 2.45) is 0 Å². The van der Waals surface area contributed by atoms with E-state index in [0.29, 0.717) is 25.3 Å². The summed E-state index contributed by atoms with van der Waals surface area (Å²) < 4.78 is 18.1. The van der Waals surface area contributed by atoms with Crippen LogP contribution in [0.2, 0.25) is 0 Å². The molecule has 0 saturated heterocycles. The maximum Gasteiger partial charge on any atom is 0.336 e. The zero-order valence-corrected chi connectivity index (χ0v) is 20.0. The zero-order valence-electron chi connectivity index (χ0n) is 20.0. The minimum absolute atomic E-state index is 0.0371. The monoisotopic (exact) mass is 472 g/mol. The van der Waals surface area contributed by atoms with Gasteiger partial charge in [0.25, 0.3) is 0 Å². The number of rotatable bonds is 10. The maximum atomic E-state index is 11.7. The molecular formula is C27H28N4O4. The molecule has 8 heteroatoms. The quantitative estimate of drug-likeness (QED) is 0.352. The van der Waals surface area contributed by atoms with Gasteiger partial charge in [-0.1, -0.05) is 19.1 Å². The molecule has 1 heterocycles. The molecule has 0 saturated carbocycles. The van der Waals surface area contributed by atoms with Gasteiger partial charge in [-0.2, -0.15) is 4.98 Å². The predicted molar refractivity (Wildman–Crippen MR) is 134 cm³/mol. The summed E-state index contributed by atoms with van der Waals surface area (Å²) in [6.07, 6.45) is 1.13. The van der Waals surface area contributed by atoms with Crippen LogP contribution in [-0.2, 0) is 11.2 Å². The number of hydrogen-bond donors (Lipinski definition) is 1. The number of carbonyl (C=O) groups is 1. The van der Waals surface area contributed by atoms with E-state index in [2.05, 4.69) is 15.4 Å². The van der Waals surface area contributed by atoms with Gasteiger partial charge in [0.15, 0.2) is 5.82 Å². The van der Waals surface area contributed by atoms with E-state index in [1.807, 2.05) is 79.7 Å². The molecule has 0 aliphatic rings. The van der Waals surface area contributed by atoms with Crippen LogP contribution in [0.4, 0.5) is 5.69 Å². The largest absolute Gasteiger partial charge is 0.497 e. The van der Waals surface area contributed by atoms with Crippen molar-refractivity contribution in [3.8, 4) is 34.6 Å². The third-order valence-electron chi connectivity index (χ3n) is 5.43. The number of nitrogens with zero attached hydrogens (tertiary/aromatic N) is 3. The van der Waals surface area contributed by atoms with E-state index in [-0.39, 0.29) is 11.9 Å². The molecule has 0 bridgehead atoms. The molecule has 0 atom stereocenters. The summed E-state index contributed by atoms with van der Waals surface area (Å²) in [7, 11) is 3.28. The summed E-state index contributed by atoms with van der Waals surface area (Å²) in [4.78, 5) is 16.3. The Labute approximate surface area is 204 Å². The SMILES string of the molecule is CCC(=O)Nc1ccc(-n2nc(OCCc3ccc(OC)cc3)nc2-c2ccc(OC)cc2)cc1. The molecular weight excluding hydrogens is 444 g/mol. The number of hydrogen-bond acceptors (Lipinski definition) is 6. The molecule has 0 spiro atoms. The number of amides is 1. The van der Waals surface area contributed by atoms with Crippen LogP contribution in [0, 0.1) is 0 Å². The van der Waals surface area contributed by atoms with Gasteiger partial charge in [-0.3, -0.25) is 4.79 Å². The fourth-order valence-electron chi connectivity index (χ4n) is 3.45. The van der Waals surface area contributed by atoms with Crippen molar-refractivity contribution in [2.45, 2.75) is 19.8 Å². The molecule has 4 aromatic rings. The number of ether oxygens (including phenoxy) is 3. The summed E-state index contributed by atoms with van der Waals surface area (Å²) >= 11 is 0. The number of methoxy groups -OCH3 is 2. The summed E-state index contributed by atoms with van der Waals surface area (Å²) in [5.41, 5.74) is 3.52. The average Bonchev–Trinajstić information content (AvgIpc) is 3.33. The van der Waals surface area contributed by atoms with Gasteiger partial charge in [-0.15, -0.1) is 5.10 Å². The highest BCUT2D eigenvalue weighted by atomic mass is 16.5. The van der Waals surface area contributed by atoms with Crippen LogP contribution < -0.4 is 19.5 Å². The normalized spacial score (nSPS) is 10.6. The summed E-state index contributed by atoms with van der Waals surface area (Å²) in [6.45, 7) is 2.25. The van der Waals surface area contributed by atoms with Crippen LogP contribution in [-0.4, -0.2) is 41.5 Å². The summed E-state index contributed by atoms with van der Waals surface area (Å²) in [5.74, 6) is 2.17. The van der Waals surface area contributed by atoms with Crippen molar-refractivity contribution in [1.29, 1.82) is 0 Å². The molecule has 0 aliphatic heterocycles. The van der Waals surface area contributed by atoms with E-state index >= 15 is 0 Å². The van der Waals surface area contributed by atoms with E-state index in [0.717, 1.165) is 34.0 Å². The number of benzene rings is 3. The van der Waals surface area contributed by atoms with Gasteiger partial charge in [-0.25, -0.2) is 4.68 Å². The van der Waals surface area contributed by atoms with Crippen molar-refractivity contribution in [1.82, 2.24) is 14.8 Å². The van der Waals surface area contributed by atoms with Gasteiger partial charge < -0.3 is 19.5 Å². The average molecular weight is 473 g/mol. The first-order valence-electron chi connectivity index (χ1n) is 11.4. The Balaban J connectivity index is 1.56. The van der Waals surface area contributed by atoms with Crippen molar-refractivity contribution >= 4 is 11.6 Å². The molecule has 35 heavy (non-hydrogen) atoms. The Kier molecular flexibility index (Phi) is 7.62. The standard InChI is InChI=1S/C27H28N4O4/c1-4-25(32)28-21-9-11-22(12-10-21)31-26(20-7-15-24(34-3)16-8-20)29-27(30-31)35-18-17-19-5-13-23(33-2)14-6-19/h5-16H,4,17-18H2,1-3H3,(H,28,32). The third-order valence-corrected chi connectivity index (χ3v) is 5.43. The van der Waals surface area contributed by atoms with Gasteiger partial charge >= 0.3 is 6.01 Å². The van der Waals surface area contributed by atoms with Gasteiger partial charge in [-0.05, 0) is 66.2 Å². The van der Waals surface area contributed by atoms with E-state index in [1.54, 1.807) is 18.9 Å². The first kappa shape index (κ1) is 23.8. The molecule has 1 N–H and O–H groups in total. The van der Waals surface area contributed by atoms with Crippen LogP contribution >= 0.6 is 0 Å². The first-order chi connectivity index (χ1) is 17.1. The highest BCUT2D eigenvalue weighted by Gasteiger charge is 2.15. The van der Waals surface area contributed by atoms with Gasteiger partial charge in [0.1, 0.15) is 11.5 Å². The Bertz CT molecular complexity index is 1250. The minimum Gasteiger partial charge on any atom is -0.497 e. The van der Waals surface area contributed by atoms with Crippen molar-refractivity contribution in [2.75, 3.05) is 26.1 Å². The van der Waals surface area contributed by atoms with Crippen LogP contribution in [0.3, 0.4) is 0 Å². The Morgan fingerprint density at radius 2 is 1.51 bits per heavy atom. The molecule has 0 aliphatic carbocycles. The molecule has 0 radical (unpaired) electrons. The van der Waals surface area contributed by atoms with Gasteiger partial charge in [0, 0.05) is 24.1 Å². The molecule has 1 amide bonds. The lowest BCUT2D eigenvalue weighted by Crippen LogP contribution is -2.09. The zero-order chi connectivity index (χ0) is 24.6. The molecule has 3 aromatic carbocycles. The van der Waals surface area contributed by atoms with Crippen LogP contribution in [0.5, 0.6) is 17.5 Å². The van der Waals surface area contributed by atoms with Crippen LogP contribution in [0.15, 0.2) is 72.8 Å². The second kappa shape index (κ2) is 11.2. The van der Waals surface area contributed by atoms with E-state index in [4.69, 9.17) is 14.2 Å². The molecule has 180 valence electrons. The fourth-order valence-corrected chi connectivity index (χ4v) is 3.45. The molecule has 0 unspecified atom stereocenters. The fraction of sp³-hybridized carbons (Fsp3) is 0.222. The lowest BCUT2D eigenvalue weighted by molar-refractivity contribution is -0.115. The molecule has 4 rings (SSSR count). The second-order valence-electron chi connectivity index (χ2n) is 7.75. The highest BCUT2D eigenvalue weighted by Crippen LogP contribution is 2.26. The lowest BCUT2D eigenvalue weighted by Gasteiger charge is -2.08. The van der Waals surface area contributed by atoms with Gasteiger partial charge in [0.05, 0.1) is 26.5 Å². The van der Waals surface area contributed by atoms with E-state index in [1.165, 1.54) is 0 Å². The minimum atomic E-state index is -0.0371. The molecule has 1 aromatic heterocycles. The smallest absolute Gasteiger partial charge is 0.336 e.